The molecule has 0 bridgehead atoms. The van der Waals surface area contributed by atoms with Crippen LogP contribution in [0.4, 0.5) is 0 Å². The average Bonchev–Trinajstić information content (AvgIpc) is 2.26. The van der Waals surface area contributed by atoms with Crippen molar-refractivity contribution in [1.82, 2.24) is 0 Å². The molecule has 0 radical (unpaired) electrons. The van der Waals surface area contributed by atoms with E-state index in [1.807, 2.05) is 0 Å². The van der Waals surface area contributed by atoms with E-state index in [1.165, 1.54) is 33.5 Å². The zero-order valence-electron chi connectivity index (χ0n) is 9.09. The van der Waals surface area contributed by atoms with Gasteiger partial charge in [-0.15, -0.1) is 4.89 Å². The molecule has 0 aromatic heterocycles. The Hall–Kier alpha value is -1.52. The summed E-state index contributed by atoms with van der Waals surface area (Å²) in [5.41, 5.74) is 0. The van der Waals surface area contributed by atoms with E-state index in [0.717, 1.165) is 0 Å². The van der Waals surface area contributed by atoms with E-state index in [2.05, 4.69) is 4.52 Å². The predicted molar refractivity (Wildman–Crippen MR) is 56.6 cm³/mol. The van der Waals surface area contributed by atoms with Gasteiger partial charge in [-0.05, 0) is 0 Å². The van der Waals surface area contributed by atoms with Crippen molar-refractivity contribution in [3.05, 3.63) is 12.1 Å². The minimum absolute atomic E-state index is 0.165. The van der Waals surface area contributed by atoms with Crippen molar-refractivity contribution in [3.63, 3.8) is 0 Å². The highest BCUT2D eigenvalue weighted by molar-refractivity contribution is 7.32. The van der Waals surface area contributed by atoms with Crippen LogP contribution in [0.15, 0.2) is 12.1 Å². The molecule has 1 atom stereocenters. The monoisotopic (exact) mass is 247 g/mol. The summed E-state index contributed by atoms with van der Waals surface area (Å²) >= 11 is 0. The maximum absolute atomic E-state index is 10.5. The fraction of sp³-hybridized carbons (Fsp3) is 0.333. The second kappa shape index (κ2) is 5.53. The van der Waals surface area contributed by atoms with Gasteiger partial charge in [0.2, 0.25) is 5.75 Å². The van der Waals surface area contributed by atoms with Crippen LogP contribution in [-0.2, 0) is 4.57 Å². The number of rotatable bonds is 5. The Balaban J connectivity index is 3.20. The molecule has 0 aliphatic heterocycles. The third-order valence-corrected chi connectivity index (χ3v) is 2.19. The smallest absolute Gasteiger partial charge is 0.493 e. The molecule has 88 valence electrons. The first kappa shape index (κ1) is 12.5. The lowest BCUT2D eigenvalue weighted by Crippen LogP contribution is -1.95. The van der Waals surface area contributed by atoms with E-state index >= 15 is 0 Å². The van der Waals surface area contributed by atoms with Gasteiger partial charge in [0.05, 0.1) is 21.3 Å². The second-order valence-electron chi connectivity index (χ2n) is 2.69. The molecule has 0 fully saturated rings. The standard InChI is InChI=1S/C9H11O6P/c1-12-7-4-6(15-16(10)11)5-8(13-2)9(7)14-3/h4-5H,1-3H3/p+1. The fourth-order valence-electron chi connectivity index (χ4n) is 1.20. The third kappa shape index (κ3) is 2.74. The first-order valence-electron chi connectivity index (χ1n) is 4.26. The van der Waals surface area contributed by atoms with E-state index in [1.54, 1.807) is 0 Å². The second-order valence-corrected chi connectivity index (χ2v) is 3.35. The Labute approximate surface area is 93.7 Å². The van der Waals surface area contributed by atoms with Crippen molar-refractivity contribution < 1.29 is 28.2 Å². The molecule has 1 unspecified atom stereocenters. The zero-order valence-corrected chi connectivity index (χ0v) is 9.98. The van der Waals surface area contributed by atoms with E-state index in [4.69, 9.17) is 19.1 Å². The maximum Gasteiger partial charge on any atom is 0.747 e. The number of ether oxygens (including phenoxy) is 3. The molecule has 6 nitrogen and oxygen atoms in total. The number of hydrogen-bond acceptors (Lipinski definition) is 5. The first-order valence-corrected chi connectivity index (χ1v) is 5.39. The van der Waals surface area contributed by atoms with Crippen molar-refractivity contribution in [2.45, 2.75) is 0 Å². The van der Waals surface area contributed by atoms with E-state index in [-0.39, 0.29) is 5.75 Å². The summed E-state index contributed by atoms with van der Waals surface area (Å²) in [5.74, 6) is 1.27. The Kier molecular flexibility index (Phi) is 4.34. The summed E-state index contributed by atoms with van der Waals surface area (Å²) in [5, 5.41) is 0. The molecule has 1 rings (SSSR count). The molecular weight excluding hydrogens is 235 g/mol. The van der Waals surface area contributed by atoms with Gasteiger partial charge >= 0.3 is 8.25 Å². The molecule has 0 aliphatic rings. The Morgan fingerprint density at radius 3 is 1.88 bits per heavy atom. The third-order valence-electron chi connectivity index (χ3n) is 1.82. The van der Waals surface area contributed by atoms with Crippen LogP contribution in [0.1, 0.15) is 0 Å². The molecule has 0 saturated heterocycles. The number of benzene rings is 1. The van der Waals surface area contributed by atoms with Crippen LogP contribution in [0.5, 0.6) is 23.0 Å². The van der Waals surface area contributed by atoms with Gasteiger partial charge in [-0.1, -0.05) is 0 Å². The summed E-state index contributed by atoms with van der Waals surface area (Å²) in [6, 6.07) is 2.87. The Bertz CT molecular complexity index is 367. The molecular formula is C9H12O6P+. The molecule has 1 N–H and O–H groups in total. The molecule has 0 amide bonds. The first-order chi connectivity index (χ1) is 7.62. The van der Waals surface area contributed by atoms with Gasteiger partial charge in [0.25, 0.3) is 0 Å². The summed E-state index contributed by atoms with van der Waals surface area (Å²) in [6.07, 6.45) is 0. The Morgan fingerprint density at radius 1 is 1.06 bits per heavy atom. The maximum atomic E-state index is 10.5. The van der Waals surface area contributed by atoms with Crippen LogP contribution in [0, 0.1) is 0 Å². The minimum atomic E-state index is -2.73. The lowest BCUT2D eigenvalue weighted by molar-refractivity contribution is 0.321. The number of methoxy groups -OCH3 is 3. The molecule has 0 aliphatic carbocycles. The van der Waals surface area contributed by atoms with E-state index in [9.17, 15) is 4.57 Å². The molecule has 0 saturated carbocycles. The minimum Gasteiger partial charge on any atom is -0.493 e. The Morgan fingerprint density at radius 2 is 1.56 bits per heavy atom. The average molecular weight is 247 g/mol. The SMILES string of the molecule is COc1cc(O[P+](=O)O)cc(OC)c1OC. The molecule has 0 heterocycles. The van der Waals surface area contributed by atoms with E-state index in [0.29, 0.717) is 17.2 Å². The van der Waals surface area contributed by atoms with Gasteiger partial charge in [-0.2, -0.15) is 0 Å². The number of hydrogen-bond donors (Lipinski definition) is 1. The van der Waals surface area contributed by atoms with Gasteiger partial charge in [-0.25, -0.2) is 4.52 Å². The van der Waals surface area contributed by atoms with Gasteiger partial charge in [0.15, 0.2) is 17.2 Å². The molecule has 1 aromatic rings. The molecule has 7 heteroatoms. The lowest BCUT2D eigenvalue weighted by atomic mass is 10.2. The van der Waals surface area contributed by atoms with E-state index < -0.39 is 8.25 Å². The van der Waals surface area contributed by atoms with Crippen LogP contribution in [0.3, 0.4) is 0 Å². The predicted octanol–water partition coefficient (Wildman–Crippen LogP) is 1.74. The van der Waals surface area contributed by atoms with Crippen LogP contribution in [-0.4, -0.2) is 26.2 Å². The van der Waals surface area contributed by atoms with Gasteiger partial charge in [0.1, 0.15) is 0 Å². The largest absolute Gasteiger partial charge is 0.747 e. The summed E-state index contributed by atoms with van der Waals surface area (Å²) in [7, 11) is 1.63. The van der Waals surface area contributed by atoms with Crippen LogP contribution in [0.2, 0.25) is 0 Å². The van der Waals surface area contributed by atoms with Crippen molar-refractivity contribution in [2.24, 2.45) is 0 Å². The van der Waals surface area contributed by atoms with Crippen molar-refractivity contribution >= 4 is 8.25 Å². The highest BCUT2D eigenvalue weighted by Crippen LogP contribution is 2.42. The van der Waals surface area contributed by atoms with Gasteiger partial charge in [0, 0.05) is 16.7 Å². The summed E-state index contributed by atoms with van der Waals surface area (Å²) in [6.45, 7) is 0. The zero-order chi connectivity index (χ0) is 12.1. The van der Waals surface area contributed by atoms with Crippen LogP contribution < -0.4 is 18.7 Å². The van der Waals surface area contributed by atoms with Crippen molar-refractivity contribution in [1.29, 1.82) is 0 Å². The fourth-order valence-corrected chi connectivity index (χ4v) is 1.49. The quantitative estimate of drug-likeness (QED) is 0.799. The summed E-state index contributed by atoms with van der Waals surface area (Å²) in [4.78, 5) is 8.63. The highest BCUT2D eigenvalue weighted by atomic mass is 31.1. The van der Waals surface area contributed by atoms with Crippen molar-refractivity contribution in [3.8, 4) is 23.0 Å². The van der Waals surface area contributed by atoms with Gasteiger partial charge < -0.3 is 14.2 Å². The molecule has 1 aromatic carbocycles. The summed E-state index contributed by atoms with van der Waals surface area (Å²) < 4.78 is 30.3. The molecule has 0 spiro atoms. The lowest BCUT2D eigenvalue weighted by Gasteiger charge is -2.11. The highest BCUT2D eigenvalue weighted by Gasteiger charge is 2.20. The normalized spacial score (nSPS) is 10.6. The van der Waals surface area contributed by atoms with Gasteiger partial charge in [-0.3, -0.25) is 0 Å². The molecule has 16 heavy (non-hydrogen) atoms. The van der Waals surface area contributed by atoms with Crippen LogP contribution in [0.25, 0.3) is 0 Å². The van der Waals surface area contributed by atoms with Crippen LogP contribution >= 0.6 is 8.25 Å². The topological polar surface area (TPSA) is 74.2 Å². The van der Waals surface area contributed by atoms with Crippen molar-refractivity contribution in [2.75, 3.05) is 21.3 Å².